The maximum Gasteiger partial charge on any atom is 0.410 e. The van der Waals surface area contributed by atoms with Crippen molar-refractivity contribution in [3.63, 3.8) is 0 Å². The minimum atomic E-state index is -1.69. The molecule has 0 aromatic rings. The van der Waals surface area contributed by atoms with Gasteiger partial charge in [-0.25, -0.2) is 4.79 Å². The van der Waals surface area contributed by atoms with Crippen LogP contribution >= 0.6 is 0 Å². The van der Waals surface area contributed by atoms with Crippen molar-refractivity contribution in [2.45, 2.75) is 39.0 Å². The van der Waals surface area contributed by atoms with Crippen LogP contribution < -0.4 is 0 Å². The Labute approximate surface area is 133 Å². The van der Waals surface area contributed by atoms with Crippen LogP contribution in [0.5, 0.6) is 0 Å². The first-order chi connectivity index (χ1) is 10.3. The van der Waals surface area contributed by atoms with Crippen LogP contribution in [0, 0.1) is 5.92 Å². The number of hydrogen-bond acceptors (Lipinski definition) is 5. The van der Waals surface area contributed by atoms with Crippen LogP contribution in [-0.2, 0) is 18.7 Å². The highest BCUT2D eigenvalue weighted by molar-refractivity contribution is 6.69. The van der Waals surface area contributed by atoms with Crippen molar-refractivity contribution in [1.82, 2.24) is 4.90 Å². The second kappa shape index (κ2) is 8.33. The summed E-state index contributed by atoms with van der Waals surface area (Å²) in [6.07, 6.45) is 1.63. The molecule has 7 heteroatoms. The Balaban J connectivity index is 2.72. The number of carbonyl (C=O) groups is 2. The average molecular weight is 329 g/mol. The van der Waals surface area contributed by atoms with Gasteiger partial charge in [-0.15, -0.1) is 0 Å². The number of nitrogens with zero attached hydrogens (tertiary/aromatic N) is 1. The molecule has 1 saturated heterocycles. The molecule has 0 spiro atoms. The number of esters is 1. The second-order valence-electron chi connectivity index (χ2n) is 6.28. The lowest BCUT2D eigenvalue weighted by atomic mass is 10.1. The van der Waals surface area contributed by atoms with Gasteiger partial charge in [0.2, 0.25) is 0 Å². The van der Waals surface area contributed by atoms with Crippen LogP contribution in [0.25, 0.3) is 0 Å². The first-order valence-corrected chi connectivity index (χ1v) is 11.0. The van der Waals surface area contributed by atoms with Crippen molar-refractivity contribution >= 4 is 20.4 Å². The monoisotopic (exact) mass is 329 g/mol. The minimum Gasteiger partial charge on any atom is -0.466 e. The van der Waals surface area contributed by atoms with E-state index in [4.69, 9.17) is 13.9 Å². The van der Waals surface area contributed by atoms with E-state index >= 15 is 0 Å². The van der Waals surface area contributed by atoms with Crippen molar-refractivity contribution in [2.24, 2.45) is 5.92 Å². The Morgan fingerprint density at radius 1 is 1.32 bits per heavy atom. The molecule has 1 aliphatic heterocycles. The number of carbonyl (C=O) groups excluding carboxylic acids is 2. The van der Waals surface area contributed by atoms with E-state index in [1.165, 1.54) is 6.08 Å². The van der Waals surface area contributed by atoms with Gasteiger partial charge in [0.1, 0.15) is 6.61 Å². The van der Waals surface area contributed by atoms with E-state index in [1.54, 1.807) is 11.8 Å². The molecule has 0 saturated carbocycles. The highest BCUT2D eigenvalue weighted by Gasteiger charge is 2.40. The van der Waals surface area contributed by atoms with Gasteiger partial charge in [0.25, 0.3) is 0 Å². The van der Waals surface area contributed by atoms with Crippen LogP contribution in [0.4, 0.5) is 4.79 Å². The first kappa shape index (κ1) is 18.7. The largest absolute Gasteiger partial charge is 0.466 e. The van der Waals surface area contributed by atoms with Crippen LogP contribution in [0.15, 0.2) is 12.7 Å². The van der Waals surface area contributed by atoms with E-state index in [1.807, 2.05) is 0 Å². The highest BCUT2D eigenvalue weighted by atomic mass is 28.4. The number of hydrogen-bond donors (Lipinski definition) is 0. The van der Waals surface area contributed by atoms with Gasteiger partial charge in [0.15, 0.2) is 8.32 Å². The maximum absolute atomic E-state index is 12.1. The fourth-order valence-electron chi connectivity index (χ4n) is 2.29. The van der Waals surface area contributed by atoms with Gasteiger partial charge in [0.05, 0.1) is 25.2 Å². The lowest BCUT2D eigenvalue weighted by molar-refractivity contribution is -0.147. The quantitative estimate of drug-likeness (QED) is 0.408. The van der Waals surface area contributed by atoms with Gasteiger partial charge in [0, 0.05) is 6.54 Å². The number of ether oxygens (including phenoxy) is 2. The molecule has 0 aromatic carbocycles. The molecular formula is C15H27NO5Si. The third-order valence-corrected chi connectivity index (χ3v) is 4.33. The van der Waals surface area contributed by atoms with Gasteiger partial charge < -0.3 is 18.8 Å². The Morgan fingerprint density at radius 3 is 2.55 bits per heavy atom. The summed E-state index contributed by atoms with van der Waals surface area (Å²) in [6, 6.07) is -0.154. The second-order valence-corrected chi connectivity index (χ2v) is 10.8. The lowest BCUT2D eigenvalue weighted by Crippen LogP contribution is -2.41. The van der Waals surface area contributed by atoms with Crippen molar-refractivity contribution in [3.05, 3.63) is 12.7 Å². The zero-order valence-corrected chi connectivity index (χ0v) is 15.0. The van der Waals surface area contributed by atoms with Crippen LogP contribution in [-0.4, -0.2) is 57.7 Å². The molecule has 0 aromatic heterocycles. The first-order valence-electron chi connectivity index (χ1n) is 7.63. The molecule has 1 rings (SSSR count). The molecule has 1 aliphatic rings. The predicted molar refractivity (Wildman–Crippen MR) is 86.1 cm³/mol. The molecule has 0 bridgehead atoms. The van der Waals surface area contributed by atoms with Crippen molar-refractivity contribution in [3.8, 4) is 0 Å². The standard InChI is InChI=1S/C15H27NO5Si/c1-6-8-20-15(18)16-10-12(14(17)19-7-2)9-13(16)11-21-22(3,4)5/h6,12-13H,1,7-11H2,2-5H3/t12-,13-/m0/s1. The molecule has 1 amide bonds. The molecule has 0 N–H and O–H groups in total. The SMILES string of the molecule is C=CCOC(=O)N1C[C@@H](C(=O)OCC)C[C@H]1CO[Si](C)(C)C. The Morgan fingerprint density at radius 2 is 2.00 bits per heavy atom. The maximum atomic E-state index is 12.1. The third kappa shape index (κ3) is 5.80. The Hall–Kier alpha value is -1.34. The van der Waals surface area contributed by atoms with Crippen molar-refractivity contribution in [1.29, 1.82) is 0 Å². The van der Waals surface area contributed by atoms with E-state index in [0.29, 0.717) is 26.2 Å². The molecule has 22 heavy (non-hydrogen) atoms. The fraction of sp³-hybridized carbons (Fsp3) is 0.733. The van der Waals surface area contributed by atoms with E-state index in [-0.39, 0.29) is 24.5 Å². The fourth-order valence-corrected chi connectivity index (χ4v) is 2.98. The van der Waals surface area contributed by atoms with Gasteiger partial charge >= 0.3 is 12.1 Å². The predicted octanol–water partition coefficient (Wildman–Crippen LogP) is 2.41. The van der Waals surface area contributed by atoms with Gasteiger partial charge in [-0.1, -0.05) is 12.7 Å². The zero-order valence-electron chi connectivity index (χ0n) is 14.0. The molecule has 1 heterocycles. The summed E-state index contributed by atoms with van der Waals surface area (Å²) in [7, 11) is -1.69. The average Bonchev–Trinajstić information content (AvgIpc) is 2.86. The molecule has 1 fully saturated rings. The normalized spacial score (nSPS) is 21.5. The molecule has 0 unspecified atom stereocenters. The van der Waals surface area contributed by atoms with Gasteiger partial charge in [-0.05, 0) is 33.0 Å². The Kier molecular flexibility index (Phi) is 7.08. The summed E-state index contributed by atoms with van der Waals surface area (Å²) in [5, 5.41) is 0. The molecule has 6 nitrogen and oxygen atoms in total. The summed E-state index contributed by atoms with van der Waals surface area (Å²) in [5.41, 5.74) is 0. The summed E-state index contributed by atoms with van der Waals surface area (Å²) >= 11 is 0. The van der Waals surface area contributed by atoms with Crippen molar-refractivity contribution < 1.29 is 23.5 Å². The smallest absolute Gasteiger partial charge is 0.410 e. The molecule has 0 radical (unpaired) electrons. The summed E-state index contributed by atoms with van der Waals surface area (Å²) in [4.78, 5) is 25.6. The number of likely N-dealkylation sites (tertiary alicyclic amines) is 1. The van der Waals surface area contributed by atoms with Gasteiger partial charge in [-0.2, -0.15) is 0 Å². The van der Waals surface area contributed by atoms with E-state index in [9.17, 15) is 9.59 Å². The molecule has 126 valence electrons. The van der Waals surface area contributed by atoms with Gasteiger partial charge in [-0.3, -0.25) is 4.79 Å². The number of amides is 1. The van der Waals surface area contributed by atoms with E-state index in [0.717, 1.165) is 0 Å². The van der Waals surface area contributed by atoms with Crippen LogP contribution in [0.2, 0.25) is 19.6 Å². The summed E-state index contributed by atoms with van der Waals surface area (Å²) in [5.74, 6) is -0.578. The Bertz CT molecular complexity index is 407. The van der Waals surface area contributed by atoms with E-state index in [2.05, 4.69) is 26.2 Å². The highest BCUT2D eigenvalue weighted by Crippen LogP contribution is 2.26. The lowest BCUT2D eigenvalue weighted by Gasteiger charge is -2.26. The molecule has 2 atom stereocenters. The summed E-state index contributed by atoms with van der Waals surface area (Å²) in [6.45, 7) is 12.8. The zero-order chi connectivity index (χ0) is 16.8. The van der Waals surface area contributed by atoms with Crippen LogP contribution in [0.1, 0.15) is 13.3 Å². The number of rotatable bonds is 7. The minimum absolute atomic E-state index is 0.154. The third-order valence-electron chi connectivity index (χ3n) is 3.30. The van der Waals surface area contributed by atoms with E-state index < -0.39 is 14.4 Å². The summed E-state index contributed by atoms with van der Waals surface area (Å²) < 4.78 is 16.1. The molecule has 0 aliphatic carbocycles. The topological polar surface area (TPSA) is 65.1 Å². The van der Waals surface area contributed by atoms with Crippen LogP contribution in [0.3, 0.4) is 0 Å². The van der Waals surface area contributed by atoms with Crippen molar-refractivity contribution in [2.75, 3.05) is 26.4 Å². The molecular weight excluding hydrogens is 302 g/mol.